The Morgan fingerprint density at radius 1 is 0.284 bits per heavy atom. The lowest BCUT2D eigenvalue weighted by atomic mass is 10.0. The first-order valence-electron chi connectivity index (χ1n) is 31.9. The first-order chi connectivity index (χ1) is 36.5. The average Bonchev–Trinajstić information content (AvgIpc) is 3.40. The van der Waals surface area contributed by atoms with Crippen LogP contribution < -0.4 is 0 Å². The zero-order valence-corrected chi connectivity index (χ0v) is 49.1. The van der Waals surface area contributed by atoms with Gasteiger partial charge in [0, 0.05) is 19.3 Å². The normalized spacial score (nSPS) is 12.5. The van der Waals surface area contributed by atoms with Gasteiger partial charge in [-0.25, -0.2) is 0 Å². The van der Waals surface area contributed by atoms with Crippen LogP contribution in [0.3, 0.4) is 0 Å². The fourth-order valence-corrected chi connectivity index (χ4v) is 9.17. The fraction of sp³-hybridized carbons (Fsp3) is 0.779. The maximum absolute atomic E-state index is 12.9. The lowest BCUT2D eigenvalue weighted by Gasteiger charge is -2.18. The van der Waals surface area contributed by atoms with Crippen molar-refractivity contribution < 1.29 is 28.6 Å². The van der Waals surface area contributed by atoms with Crippen LogP contribution in [0.1, 0.15) is 323 Å². The molecule has 0 aromatic carbocycles. The van der Waals surface area contributed by atoms with Crippen molar-refractivity contribution in [2.75, 3.05) is 13.2 Å². The molecule has 1 atom stereocenters. The summed E-state index contributed by atoms with van der Waals surface area (Å²) >= 11 is 0. The number of hydrogen-bond donors (Lipinski definition) is 0. The summed E-state index contributed by atoms with van der Waals surface area (Å²) in [6.45, 7) is 6.55. The Morgan fingerprint density at radius 2 is 0.527 bits per heavy atom. The zero-order chi connectivity index (χ0) is 53.6. The smallest absolute Gasteiger partial charge is 0.306 e. The van der Waals surface area contributed by atoms with Crippen LogP contribution in [0.15, 0.2) is 72.9 Å². The topological polar surface area (TPSA) is 78.9 Å². The minimum Gasteiger partial charge on any atom is -0.462 e. The largest absolute Gasteiger partial charge is 0.462 e. The highest BCUT2D eigenvalue weighted by atomic mass is 16.6. The number of carbonyl (C=O) groups is 3. The van der Waals surface area contributed by atoms with E-state index in [0.717, 1.165) is 96.3 Å². The summed E-state index contributed by atoms with van der Waals surface area (Å²) in [5.74, 6) is -0.871. The molecule has 0 amide bonds. The van der Waals surface area contributed by atoms with E-state index in [9.17, 15) is 14.4 Å². The minimum absolute atomic E-state index is 0.0755. The molecule has 0 aromatic heterocycles. The van der Waals surface area contributed by atoms with Crippen molar-refractivity contribution >= 4 is 17.9 Å². The molecule has 0 N–H and O–H groups in total. The SMILES string of the molecule is CC/C=C\C/C=C\C/C=C\C/C=C\C/C=C\CCCCCCCCCCCCCC(=O)OCC(COC(=O)CCCCCCCCCCCCCCCC)OC(=O)CCCCCCC/C=C\CCCCCCCC. The molecule has 0 fully saturated rings. The predicted molar refractivity (Wildman–Crippen MR) is 321 cm³/mol. The molecule has 0 bridgehead atoms. The van der Waals surface area contributed by atoms with Gasteiger partial charge in [0.2, 0.25) is 0 Å². The molecule has 0 radical (unpaired) electrons. The van der Waals surface area contributed by atoms with Crippen LogP contribution in [0, 0.1) is 0 Å². The Hall–Kier alpha value is -3.15. The summed E-state index contributed by atoms with van der Waals surface area (Å²) in [4.78, 5) is 38.3. The molecule has 0 aromatic rings. The third-order valence-electron chi connectivity index (χ3n) is 13.9. The lowest BCUT2D eigenvalue weighted by Crippen LogP contribution is -2.30. The summed E-state index contributed by atoms with van der Waals surface area (Å²) in [5, 5.41) is 0. The van der Waals surface area contributed by atoms with E-state index in [4.69, 9.17) is 14.2 Å². The van der Waals surface area contributed by atoms with E-state index in [1.807, 2.05) is 0 Å². The van der Waals surface area contributed by atoms with Gasteiger partial charge in [0.15, 0.2) is 6.10 Å². The van der Waals surface area contributed by atoms with Gasteiger partial charge in [-0.15, -0.1) is 0 Å². The average molecular weight is 1030 g/mol. The third-order valence-corrected chi connectivity index (χ3v) is 13.9. The molecule has 0 spiro atoms. The van der Waals surface area contributed by atoms with E-state index >= 15 is 0 Å². The molecule has 0 aliphatic heterocycles. The molecule has 0 aliphatic carbocycles. The van der Waals surface area contributed by atoms with E-state index < -0.39 is 6.10 Å². The van der Waals surface area contributed by atoms with Gasteiger partial charge in [-0.05, 0) is 89.9 Å². The molecular formula is C68H120O6. The Balaban J connectivity index is 4.27. The van der Waals surface area contributed by atoms with Crippen molar-refractivity contribution in [3.8, 4) is 0 Å². The third kappa shape index (κ3) is 59.7. The number of ether oxygens (including phenoxy) is 3. The van der Waals surface area contributed by atoms with Crippen molar-refractivity contribution in [3.05, 3.63) is 72.9 Å². The van der Waals surface area contributed by atoms with Gasteiger partial charge >= 0.3 is 17.9 Å². The van der Waals surface area contributed by atoms with Crippen molar-refractivity contribution in [2.45, 2.75) is 329 Å². The second kappa shape index (κ2) is 62.4. The number of carbonyl (C=O) groups excluding carboxylic acids is 3. The van der Waals surface area contributed by atoms with Gasteiger partial charge in [-0.1, -0.05) is 286 Å². The van der Waals surface area contributed by atoms with Crippen molar-refractivity contribution in [1.29, 1.82) is 0 Å². The lowest BCUT2D eigenvalue weighted by molar-refractivity contribution is -0.167. The summed E-state index contributed by atoms with van der Waals surface area (Å²) < 4.78 is 16.9. The first-order valence-corrected chi connectivity index (χ1v) is 31.9. The van der Waals surface area contributed by atoms with E-state index in [1.54, 1.807) is 0 Å². The Labute approximate surface area is 459 Å². The van der Waals surface area contributed by atoms with Crippen LogP contribution in [0.2, 0.25) is 0 Å². The highest BCUT2D eigenvalue weighted by Gasteiger charge is 2.19. The zero-order valence-electron chi connectivity index (χ0n) is 49.1. The standard InChI is InChI=1S/C68H120O6/c1-4-7-10-13-16-19-22-25-28-29-30-31-32-33-34-35-36-37-38-39-41-43-46-49-52-55-58-61-67(70)73-64-65(63-72-66(69)60-57-54-51-48-45-42-27-24-21-18-15-12-9-6-3)74-68(71)62-59-56-53-50-47-44-40-26-23-20-17-14-11-8-5-2/h7,10,16,19,25-26,28,30-31,33-34,40,65H,4-6,8-9,11-15,17-18,20-24,27,29,32,35-39,41-64H2,1-3H3/b10-7-,19-16-,28-25-,31-30-,34-33-,40-26-. The number of unbranched alkanes of at least 4 members (excludes halogenated alkanes) is 35. The number of esters is 3. The summed E-state index contributed by atoms with van der Waals surface area (Å²) in [6.07, 6.45) is 80.5. The van der Waals surface area contributed by atoms with Gasteiger partial charge in [-0.2, -0.15) is 0 Å². The maximum Gasteiger partial charge on any atom is 0.306 e. The van der Waals surface area contributed by atoms with Gasteiger partial charge in [0.1, 0.15) is 13.2 Å². The first kappa shape index (κ1) is 70.8. The van der Waals surface area contributed by atoms with Crippen LogP contribution in [-0.4, -0.2) is 37.2 Å². The monoisotopic (exact) mass is 1030 g/mol. The molecule has 1 unspecified atom stereocenters. The van der Waals surface area contributed by atoms with Gasteiger partial charge in [0.05, 0.1) is 0 Å². The highest BCUT2D eigenvalue weighted by Crippen LogP contribution is 2.17. The molecule has 0 aliphatic rings. The molecular weight excluding hydrogens is 913 g/mol. The summed E-state index contributed by atoms with van der Waals surface area (Å²) in [6, 6.07) is 0. The van der Waals surface area contributed by atoms with Crippen LogP contribution in [0.25, 0.3) is 0 Å². The highest BCUT2D eigenvalue weighted by molar-refractivity contribution is 5.71. The molecule has 0 saturated heterocycles. The minimum atomic E-state index is -0.779. The molecule has 0 heterocycles. The molecule has 428 valence electrons. The Kier molecular flexibility index (Phi) is 59.7. The van der Waals surface area contributed by atoms with Gasteiger partial charge in [0.25, 0.3) is 0 Å². The van der Waals surface area contributed by atoms with Crippen LogP contribution in [-0.2, 0) is 28.6 Å². The summed E-state index contributed by atoms with van der Waals surface area (Å²) in [7, 11) is 0. The molecule has 6 nitrogen and oxygen atoms in total. The van der Waals surface area contributed by atoms with Crippen LogP contribution >= 0.6 is 0 Å². The van der Waals surface area contributed by atoms with E-state index in [0.29, 0.717) is 19.3 Å². The molecule has 74 heavy (non-hydrogen) atoms. The van der Waals surface area contributed by atoms with Gasteiger partial charge in [-0.3, -0.25) is 14.4 Å². The Morgan fingerprint density at radius 3 is 0.838 bits per heavy atom. The number of rotatable bonds is 58. The van der Waals surface area contributed by atoms with Crippen LogP contribution in [0.5, 0.6) is 0 Å². The number of hydrogen-bond acceptors (Lipinski definition) is 6. The molecule has 0 saturated carbocycles. The quantitative estimate of drug-likeness (QED) is 0.0261. The van der Waals surface area contributed by atoms with E-state index in [2.05, 4.69) is 93.7 Å². The van der Waals surface area contributed by atoms with Gasteiger partial charge < -0.3 is 14.2 Å². The van der Waals surface area contributed by atoms with Crippen molar-refractivity contribution in [1.82, 2.24) is 0 Å². The second-order valence-electron chi connectivity index (χ2n) is 21.3. The van der Waals surface area contributed by atoms with Crippen molar-refractivity contribution in [2.24, 2.45) is 0 Å². The predicted octanol–water partition coefficient (Wildman–Crippen LogP) is 21.7. The fourth-order valence-electron chi connectivity index (χ4n) is 9.17. The Bertz CT molecular complexity index is 1370. The van der Waals surface area contributed by atoms with E-state index in [1.165, 1.54) is 186 Å². The van der Waals surface area contributed by atoms with E-state index in [-0.39, 0.29) is 31.1 Å². The van der Waals surface area contributed by atoms with Crippen molar-refractivity contribution in [3.63, 3.8) is 0 Å². The van der Waals surface area contributed by atoms with Crippen LogP contribution in [0.4, 0.5) is 0 Å². The second-order valence-corrected chi connectivity index (χ2v) is 21.3. The number of allylic oxidation sites excluding steroid dienone is 12. The molecule has 6 heteroatoms. The molecule has 0 rings (SSSR count). The summed E-state index contributed by atoms with van der Waals surface area (Å²) in [5.41, 5.74) is 0. The maximum atomic E-state index is 12.9.